The van der Waals surface area contributed by atoms with E-state index in [4.69, 9.17) is 39.5 Å². The Hall–Kier alpha value is -3.79. The fourth-order valence-electron chi connectivity index (χ4n) is 2.78. The topological polar surface area (TPSA) is 115 Å². The first-order valence-electron chi connectivity index (χ1n) is 8.97. The number of halogens is 1. The molecule has 0 aliphatic carbocycles. The van der Waals surface area contributed by atoms with Gasteiger partial charge in [0.25, 0.3) is 5.89 Å². The van der Waals surface area contributed by atoms with Crippen LogP contribution >= 0.6 is 11.6 Å². The quantitative estimate of drug-likeness (QED) is 0.394. The first-order chi connectivity index (χ1) is 15.1. The molecule has 0 aliphatic rings. The zero-order valence-electron chi connectivity index (χ0n) is 16.8. The lowest BCUT2D eigenvalue weighted by Gasteiger charge is -2.12. The summed E-state index contributed by atoms with van der Waals surface area (Å²) in [5.41, 5.74) is 1.22. The third kappa shape index (κ3) is 4.24. The van der Waals surface area contributed by atoms with Crippen LogP contribution in [0.4, 0.5) is 0 Å². The summed E-state index contributed by atoms with van der Waals surface area (Å²) < 4.78 is 32.2. The number of nitrogens with zero attached hydrogens (tertiary/aromatic N) is 4. The smallest absolute Gasteiger partial charge is 0.418 e. The Kier molecular flexibility index (Phi) is 5.89. The van der Waals surface area contributed by atoms with E-state index in [1.807, 2.05) is 12.1 Å². The summed E-state index contributed by atoms with van der Waals surface area (Å²) in [6.45, 7) is -0.0679. The summed E-state index contributed by atoms with van der Waals surface area (Å²) in [5, 5.41) is 12.4. The molecule has 0 fully saturated rings. The van der Waals surface area contributed by atoms with Crippen LogP contribution < -0.4 is 18.9 Å². The molecule has 0 radical (unpaired) electrons. The van der Waals surface area contributed by atoms with E-state index in [-0.39, 0.29) is 24.5 Å². The normalized spacial score (nSPS) is 10.7. The summed E-state index contributed by atoms with van der Waals surface area (Å²) in [4.78, 5) is 4.16. The Morgan fingerprint density at radius 1 is 0.968 bits per heavy atom. The molecule has 31 heavy (non-hydrogen) atoms. The Balaban J connectivity index is 1.49. The minimum Gasteiger partial charge on any atom is -0.493 e. The van der Waals surface area contributed by atoms with Gasteiger partial charge in [-0.25, -0.2) is 0 Å². The molecule has 4 rings (SSSR count). The van der Waals surface area contributed by atoms with E-state index in [9.17, 15) is 0 Å². The molecule has 2 aromatic carbocycles. The van der Waals surface area contributed by atoms with Crippen molar-refractivity contribution in [1.29, 1.82) is 0 Å². The molecule has 11 heteroatoms. The fraction of sp³-hybridized carbons (Fsp3) is 0.200. The van der Waals surface area contributed by atoms with Gasteiger partial charge >= 0.3 is 6.08 Å². The van der Waals surface area contributed by atoms with Crippen LogP contribution in [0.2, 0.25) is 5.02 Å². The number of ether oxygens (including phenoxy) is 4. The molecular formula is C20H17ClN4O6. The van der Waals surface area contributed by atoms with E-state index in [0.717, 1.165) is 0 Å². The number of hydrogen-bond acceptors (Lipinski definition) is 10. The molecule has 0 aliphatic heterocycles. The molecule has 0 saturated carbocycles. The van der Waals surface area contributed by atoms with E-state index in [1.165, 1.54) is 21.3 Å². The number of hydrogen-bond donors (Lipinski definition) is 0. The van der Waals surface area contributed by atoms with Crippen molar-refractivity contribution in [1.82, 2.24) is 20.3 Å². The highest BCUT2D eigenvalue weighted by molar-refractivity contribution is 6.33. The van der Waals surface area contributed by atoms with Crippen molar-refractivity contribution in [2.75, 3.05) is 21.3 Å². The second kappa shape index (κ2) is 8.92. The molecule has 0 unspecified atom stereocenters. The monoisotopic (exact) mass is 444 g/mol. The third-order valence-corrected chi connectivity index (χ3v) is 4.55. The largest absolute Gasteiger partial charge is 0.493 e. The molecule has 0 spiro atoms. The predicted octanol–water partition coefficient (Wildman–Crippen LogP) is 4.04. The molecule has 160 valence electrons. The lowest BCUT2D eigenvalue weighted by Crippen LogP contribution is -1.96. The number of aromatic nitrogens is 4. The molecule has 4 aromatic rings. The van der Waals surface area contributed by atoms with Crippen LogP contribution in [0.5, 0.6) is 23.3 Å². The molecule has 2 heterocycles. The van der Waals surface area contributed by atoms with Gasteiger partial charge in [0.2, 0.25) is 17.5 Å². The van der Waals surface area contributed by atoms with Gasteiger partial charge in [0.1, 0.15) is 0 Å². The Morgan fingerprint density at radius 3 is 2.39 bits per heavy atom. The standard InChI is InChI=1S/C20H17ClN4O6/c1-26-14-8-11(9-15(27-2)17(14)28-3)19-24-23-16(30-19)10-29-20-22-18(25-31-20)12-6-4-5-7-13(12)21/h4-9H,10H2,1-3H3. The highest BCUT2D eigenvalue weighted by Crippen LogP contribution is 2.40. The van der Waals surface area contributed by atoms with Gasteiger partial charge in [-0.1, -0.05) is 28.9 Å². The second-order valence-corrected chi connectivity index (χ2v) is 6.47. The highest BCUT2D eigenvalue weighted by Gasteiger charge is 2.18. The molecule has 2 aromatic heterocycles. The van der Waals surface area contributed by atoms with Gasteiger partial charge in [-0.15, -0.1) is 10.2 Å². The van der Waals surface area contributed by atoms with E-state index in [2.05, 4.69) is 20.3 Å². The van der Waals surface area contributed by atoms with Crippen molar-refractivity contribution in [2.24, 2.45) is 0 Å². The second-order valence-electron chi connectivity index (χ2n) is 6.07. The van der Waals surface area contributed by atoms with Gasteiger partial charge in [-0.2, -0.15) is 4.98 Å². The van der Waals surface area contributed by atoms with E-state index in [1.54, 1.807) is 24.3 Å². The number of benzene rings is 2. The maximum Gasteiger partial charge on any atom is 0.418 e. The van der Waals surface area contributed by atoms with E-state index in [0.29, 0.717) is 39.2 Å². The lowest BCUT2D eigenvalue weighted by molar-refractivity contribution is 0.177. The maximum atomic E-state index is 6.14. The van der Waals surface area contributed by atoms with Crippen LogP contribution in [0.3, 0.4) is 0 Å². The van der Waals surface area contributed by atoms with Crippen molar-refractivity contribution in [3.63, 3.8) is 0 Å². The van der Waals surface area contributed by atoms with Gasteiger partial charge in [0.15, 0.2) is 18.1 Å². The first kappa shape index (κ1) is 20.5. The van der Waals surface area contributed by atoms with Gasteiger partial charge in [0, 0.05) is 11.1 Å². The van der Waals surface area contributed by atoms with Crippen LogP contribution in [-0.4, -0.2) is 41.7 Å². The van der Waals surface area contributed by atoms with Gasteiger partial charge in [-0.05, 0) is 24.3 Å². The minimum absolute atomic E-state index is 0.0533. The summed E-state index contributed by atoms with van der Waals surface area (Å²) in [7, 11) is 4.57. The highest BCUT2D eigenvalue weighted by atomic mass is 35.5. The lowest BCUT2D eigenvalue weighted by atomic mass is 10.2. The third-order valence-electron chi connectivity index (χ3n) is 4.22. The van der Waals surface area contributed by atoms with Crippen LogP contribution in [0.25, 0.3) is 22.8 Å². The summed E-state index contributed by atoms with van der Waals surface area (Å²) >= 11 is 6.14. The zero-order chi connectivity index (χ0) is 21.8. The molecule has 0 atom stereocenters. The van der Waals surface area contributed by atoms with Gasteiger partial charge in [0.05, 0.1) is 26.4 Å². The maximum absolute atomic E-state index is 6.14. The number of rotatable bonds is 8. The molecular weight excluding hydrogens is 428 g/mol. The fourth-order valence-corrected chi connectivity index (χ4v) is 3.00. The predicted molar refractivity (Wildman–Crippen MR) is 108 cm³/mol. The summed E-state index contributed by atoms with van der Waals surface area (Å²) in [6, 6.07) is 10.5. The van der Waals surface area contributed by atoms with Gasteiger partial charge in [-0.3, -0.25) is 4.52 Å². The van der Waals surface area contributed by atoms with Crippen molar-refractivity contribution in [2.45, 2.75) is 6.61 Å². The van der Waals surface area contributed by atoms with Gasteiger partial charge < -0.3 is 23.4 Å². The van der Waals surface area contributed by atoms with E-state index >= 15 is 0 Å². The van der Waals surface area contributed by atoms with Crippen LogP contribution in [0.15, 0.2) is 45.3 Å². The zero-order valence-corrected chi connectivity index (χ0v) is 17.5. The van der Waals surface area contributed by atoms with Crippen molar-refractivity contribution < 1.29 is 27.9 Å². The average Bonchev–Trinajstić information content (AvgIpc) is 3.46. The van der Waals surface area contributed by atoms with Crippen molar-refractivity contribution >= 4 is 11.6 Å². The SMILES string of the molecule is COc1cc(-c2nnc(COc3nc(-c4ccccc4Cl)no3)o2)cc(OC)c1OC. The Bertz CT molecular complexity index is 1170. The summed E-state index contributed by atoms with van der Waals surface area (Å²) in [6.07, 6.45) is -0.0533. The average molecular weight is 445 g/mol. The van der Waals surface area contributed by atoms with Crippen LogP contribution in [0.1, 0.15) is 5.89 Å². The number of methoxy groups -OCH3 is 3. The molecule has 0 bridgehead atoms. The molecule has 0 amide bonds. The molecule has 0 N–H and O–H groups in total. The Morgan fingerprint density at radius 2 is 1.71 bits per heavy atom. The van der Waals surface area contributed by atoms with Crippen LogP contribution in [0, 0.1) is 0 Å². The summed E-state index contributed by atoms with van der Waals surface area (Å²) in [5.74, 6) is 2.16. The first-order valence-corrected chi connectivity index (χ1v) is 9.35. The molecule has 0 saturated heterocycles. The van der Waals surface area contributed by atoms with Crippen molar-refractivity contribution in [3.05, 3.63) is 47.3 Å². The van der Waals surface area contributed by atoms with E-state index < -0.39 is 0 Å². The van der Waals surface area contributed by atoms with Crippen LogP contribution in [-0.2, 0) is 6.61 Å². The Labute approximate surface area is 181 Å². The van der Waals surface area contributed by atoms with Crippen molar-refractivity contribution in [3.8, 4) is 46.2 Å². The molecule has 10 nitrogen and oxygen atoms in total. The minimum atomic E-state index is -0.0679.